The number of sulfonamides is 1. The molecule has 1 saturated heterocycles. The highest BCUT2D eigenvalue weighted by atomic mass is 32.2. The minimum Gasteiger partial charge on any atom is -0.311 e. The van der Waals surface area contributed by atoms with Gasteiger partial charge in [0.05, 0.1) is 6.26 Å². The Morgan fingerprint density at radius 2 is 1.38 bits per heavy atom. The lowest BCUT2D eigenvalue weighted by atomic mass is 9.71. The Morgan fingerprint density at radius 3 is 1.81 bits per heavy atom. The van der Waals surface area contributed by atoms with Crippen molar-refractivity contribution in [2.75, 3.05) is 19.3 Å². The third-order valence-electron chi connectivity index (χ3n) is 5.35. The zero-order chi connectivity index (χ0) is 15.7. The van der Waals surface area contributed by atoms with E-state index in [-0.39, 0.29) is 0 Å². The van der Waals surface area contributed by atoms with E-state index < -0.39 is 10.0 Å². The van der Waals surface area contributed by atoms with Crippen LogP contribution in [0.15, 0.2) is 0 Å². The molecule has 0 aromatic rings. The van der Waals surface area contributed by atoms with Crippen molar-refractivity contribution < 1.29 is 8.42 Å². The topological polar surface area (TPSA) is 49.4 Å². The highest BCUT2D eigenvalue weighted by Gasteiger charge is 2.31. The number of hydrogen-bond acceptors (Lipinski definition) is 3. The molecule has 0 radical (unpaired) electrons. The lowest BCUT2D eigenvalue weighted by molar-refractivity contribution is 0.150. The van der Waals surface area contributed by atoms with Crippen LogP contribution in [-0.2, 0) is 10.0 Å². The first-order chi connectivity index (χ1) is 9.66. The zero-order valence-electron chi connectivity index (χ0n) is 14.1. The molecule has 0 atom stereocenters. The molecule has 2 fully saturated rings. The number of nitrogens with zero attached hydrogens (tertiary/aromatic N) is 1. The molecule has 0 aromatic carbocycles. The molecule has 0 bridgehead atoms. The number of nitrogens with one attached hydrogen (secondary N) is 1. The number of rotatable bonds is 3. The Morgan fingerprint density at radius 1 is 0.905 bits per heavy atom. The molecule has 1 aliphatic heterocycles. The van der Waals surface area contributed by atoms with Crippen molar-refractivity contribution in [1.29, 1.82) is 0 Å². The summed E-state index contributed by atoms with van der Waals surface area (Å²) in [5.74, 6) is 0.850. The molecule has 1 N–H and O–H groups in total. The van der Waals surface area contributed by atoms with Crippen molar-refractivity contribution in [3.63, 3.8) is 0 Å². The summed E-state index contributed by atoms with van der Waals surface area (Å²) in [7, 11) is -3.00. The van der Waals surface area contributed by atoms with Gasteiger partial charge in [0, 0.05) is 25.2 Å². The van der Waals surface area contributed by atoms with Crippen molar-refractivity contribution in [1.82, 2.24) is 9.62 Å². The Hall–Kier alpha value is -0.130. The van der Waals surface area contributed by atoms with Gasteiger partial charge in [-0.3, -0.25) is 0 Å². The van der Waals surface area contributed by atoms with Crippen molar-refractivity contribution in [2.24, 2.45) is 11.3 Å². The highest BCUT2D eigenvalue weighted by molar-refractivity contribution is 7.88. The second-order valence-corrected chi connectivity index (χ2v) is 10.00. The third kappa shape index (κ3) is 4.93. The summed E-state index contributed by atoms with van der Waals surface area (Å²) in [6.45, 7) is 8.41. The second-order valence-electron chi connectivity index (χ2n) is 8.02. The van der Waals surface area contributed by atoms with Crippen LogP contribution >= 0.6 is 0 Å². The standard InChI is InChI=1S/C16H32N2O2S/c1-16(2,3)13-5-7-14(8-6-13)17-15-9-11-18(12-10-15)21(4,19)20/h13-15,17H,5-12H2,1-4H3. The molecule has 4 nitrogen and oxygen atoms in total. The molecule has 0 unspecified atom stereocenters. The summed E-state index contributed by atoms with van der Waals surface area (Å²) in [4.78, 5) is 0. The molecular weight excluding hydrogens is 284 g/mol. The first kappa shape index (κ1) is 17.2. The fourth-order valence-electron chi connectivity index (χ4n) is 3.81. The SMILES string of the molecule is CC(C)(C)C1CCC(NC2CCN(S(C)(=O)=O)CC2)CC1. The summed E-state index contributed by atoms with van der Waals surface area (Å²) in [5, 5.41) is 3.78. The fraction of sp³-hybridized carbons (Fsp3) is 1.00. The van der Waals surface area contributed by atoms with Crippen LogP contribution in [0.5, 0.6) is 0 Å². The fourth-order valence-corrected chi connectivity index (χ4v) is 4.69. The van der Waals surface area contributed by atoms with Crippen LogP contribution in [0.1, 0.15) is 59.3 Å². The van der Waals surface area contributed by atoms with Crippen LogP contribution in [0.2, 0.25) is 0 Å². The van der Waals surface area contributed by atoms with E-state index in [1.54, 1.807) is 4.31 Å². The molecule has 0 spiro atoms. The van der Waals surface area contributed by atoms with E-state index in [0.717, 1.165) is 18.8 Å². The molecule has 21 heavy (non-hydrogen) atoms. The van der Waals surface area contributed by atoms with Gasteiger partial charge >= 0.3 is 0 Å². The van der Waals surface area contributed by atoms with Gasteiger partial charge in [-0.25, -0.2) is 12.7 Å². The van der Waals surface area contributed by atoms with E-state index in [0.29, 0.717) is 30.6 Å². The average molecular weight is 317 g/mol. The van der Waals surface area contributed by atoms with Gasteiger partial charge < -0.3 is 5.32 Å². The minimum atomic E-state index is -3.00. The highest BCUT2D eigenvalue weighted by Crippen LogP contribution is 2.37. The lowest BCUT2D eigenvalue weighted by Crippen LogP contribution is -2.48. The molecule has 1 saturated carbocycles. The van der Waals surface area contributed by atoms with Crippen LogP contribution in [0.4, 0.5) is 0 Å². The normalized spacial score (nSPS) is 30.5. The molecule has 1 aliphatic carbocycles. The van der Waals surface area contributed by atoms with Gasteiger partial charge in [0.25, 0.3) is 0 Å². The largest absolute Gasteiger partial charge is 0.311 e. The molecule has 0 aromatic heterocycles. The first-order valence-corrected chi connectivity index (χ1v) is 10.2. The predicted octanol–water partition coefficient (Wildman–Crippen LogP) is 2.60. The van der Waals surface area contributed by atoms with Crippen LogP contribution < -0.4 is 5.32 Å². The van der Waals surface area contributed by atoms with Gasteiger partial charge in [0.1, 0.15) is 0 Å². The molecule has 124 valence electrons. The Bertz CT molecular complexity index is 426. The predicted molar refractivity (Wildman–Crippen MR) is 87.8 cm³/mol. The third-order valence-corrected chi connectivity index (χ3v) is 6.65. The van der Waals surface area contributed by atoms with Gasteiger partial charge in [-0.2, -0.15) is 0 Å². The van der Waals surface area contributed by atoms with E-state index in [1.165, 1.54) is 31.9 Å². The van der Waals surface area contributed by atoms with E-state index >= 15 is 0 Å². The van der Waals surface area contributed by atoms with Crippen LogP contribution in [0.3, 0.4) is 0 Å². The van der Waals surface area contributed by atoms with E-state index in [4.69, 9.17) is 0 Å². The van der Waals surface area contributed by atoms with Crippen LogP contribution in [0, 0.1) is 11.3 Å². The smallest absolute Gasteiger partial charge is 0.211 e. The number of hydrogen-bond donors (Lipinski definition) is 1. The van der Waals surface area contributed by atoms with Gasteiger partial charge in [-0.15, -0.1) is 0 Å². The Kier molecular flexibility index (Phi) is 5.37. The van der Waals surface area contributed by atoms with Crippen molar-refractivity contribution >= 4 is 10.0 Å². The molecule has 2 rings (SSSR count). The maximum absolute atomic E-state index is 11.5. The van der Waals surface area contributed by atoms with Crippen molar-refractivity contribution in [3.05, 3.63) is 0 Å². The molecule has 2 aliphatic rings. The minimum absolute atomic E-state index is 0.436. The van der Waals surface area contributed by atoms with E-state index in [1.807, 2.05) is 0 Å². The van der Waals surface area contributed by atoms with Gasteiger partial charge in [0.2, 0.25) is 10.0 Å². The zero-order valence-corrected chi connectivity index (χ0v) is 14.9. The molecule has 1 heterocycles. The summed E-state index contributed by atoms with van der Waals surface area (Å²) in [5.41, 5.74) is 0.436. The van der Waals surface area contributed by atoms with Crippen molar-refractivity contribution in [3.8, 4) is 0 Å². The summed E-state index contributed by atoms with van der Waals surface area (Å²) < 4.78 is 24.6. The maximum atomic E-state index is 11.5. The van der Waals surface area contributed by atoms with Gasteiger partial charge in [-0.1, -0.05) is 20.8 Å². The van der Waals surface area contributed by atoms with Crippen molar-refractivity contribution in [2.45, 2.75) is 71.4 Å². The van der Waals surface area contributed by atoms with Gasteiger partial charge in [0.15, 0.2) is 0 Å². The Balaban J connectivity index is 1.73. The van der Waals surface area contributed by atoms with Crippen LogP contribution in [0.25, 0.3) is 0 Å². The maximum Gasteiger partial charge on any atom is 0.211 e. The van der Waals surface area contributed by atoms with E-state index in [9.17, 15) is 8.42 Å². The molecular formula is C16H32N2O2S. The average Bonchev–Trinajstić information content (AvgIpc) is 2.38. The first-order valence-electron chi connectivity index (χ1n) is 8.37. The lowest BCUT2D eigenvalue weighted by Gasteiger charge is -2.39. The quantitative estimate of drug-likeness (QED) is 0.871. The molecule has 0 amide bonds. The second kappa shape index (κ2) is 6.55. The van der Waals surface area contributed by atoms with E-state index in [2.05, 4.69) is 26.1 Å². The number of piperidine rings is 1. The molecule has 5 heteroatoms. The monoisotopic (exact) mass is 316 g/mol. The Labute approximate surface area is 130 Å². The summed E-state index contributed by atoms with van der Waals surface area (Å²) >= 11 is 0. The van der Waals surface area contributed by atoms with Crippen LogP contribution in [-0.4, -0.2) is 44.2 Å². The summed E-state index contributed by atoms with van der Waals surface area (Å²) in [6, 6.07) is 1.14. The van der Waals surface area contributed by atoms with Gasteiger partial charge in [-0.05, 0) is 49.9 Å². The summed E-state index contributed by atoms with van der Waals surface area (Å²) in [6.07, 6.45) is 8.40.